The molecule has 6 heteroatoms. The Labute approximate surface area is 187 Å². The normalized spacial score (nSPS) is 10.6. The standard InChI is InChI=1S/C26H27FO5/c1-2-3-14-30-25-22(16-28)24(27)21(26(29)32-18-20-12-8-5-9-13-20)15-23(25)31-17-19-10-6-4-7-11-19/h4-13,15,28H,2-3,14,16-18H2,1H3. The molecule has 3 aromatic carbocycles. The van der Waals surface area contributed by atoms with Gasteiger partial charge in [-0.2, -0.15) is 0 Å². The highest BCUT2D eigenvalue weighted by Crippen LogP contribution is 2.37. The number of rotatable bonds is 11. The zero-order valence-corrected chi connectivity index (χ0v) is 18.1. The molecule has 0 atom stereocenters. The quantitative estimate of drug-likeness (QED) is 0.319. The summed E-state index contributed by atoms with van der Waals surface area (Å²) in [5, 5.41) is 9.85. The molecular weight excluding hydrogens is 411 g/mol. The number of hydrogen-bond donors (Lipinski definition) is 1. The third kappa shape index (κ3) is 6.08. The Hall–Kier alpha value is -3.38. The highest BCUT2D eigenvalue weighted by Gasteiger charge is 2.25. The molecule has 0 spiro atoms. The minimum Gasteiger partial charge on any atom is -0.489 e. The molecule has 168 valence electrons. The van der Waals surface area contributed by atoms with E-state index < -0.39 is 18.4 Å². The van der Waals surface area contributed by atoms with Gasteiger partial charge in [-0.25, -0.2) is 9.18 Å². The first kappa shape index (κ1) is 23.3. The smallest absolute Gasteiger partial charge is 0.341 e. The first-order valence-corrected chi connectivity index (χ1v) is 10.6. The summed E-state index contributed by atoms with van der Waals surface area (Å²) >= 11 is 0. The van der Waals surface area contributed by atoms with Crippen LogP contribution in [0.1, 0.15) is 46.8 Å². The highest BCUT2D eigenvalue weighted by atomic mass is 19.1. The van der Waals surface area contributed by atoms with Crippen LogP contribution in [0.15, 0.2) is 66.7 Å². The summed E-state index contributed by atoms with van der Waals surface area (Å²) in [5.74, 6) is -1.43. The van der Waals surface area contributed by atoms with Crippen molar-refractivity contribution < 1.29 is 28.5 Å². The highest BCUT2D eigenvalue weighted by molar-refractivity contribution is 5.91. The molecule has 0 unspecified atom stereocenters. The van der Waals surface area contributed by atoms with Gasteiger partial charge in [0, 0.05) is 6.07 Å². The van der Waals surface area contributed by atoms with Crippen LogP contribution in [0, 0.1) is 5.82 Å². The van der Waals surface area contributed by atoms with E-state index in [2.05, 4.69) is 0 Å². The van der Waals surface area contributed by atoms with Gasteiger partial charge in [0.15, 0.2) is 11.5 Å². The molecule has 1 N–H and O–H groups in total. The molecule has 0 heterocycles. The Morgan fingerprint density at radius 1 is 0.938 bits per heavy atom. The summed E-state index contributed by atoms with van der Waals surface area (Å²) in [5.41, 5.74) is 1.24. The average molecular weight is 438 g/mol. The van der Waals surface area contributed by atoms with Crippen LogP contribution in [-0.2, 0) is 24.6 Å². The molecule has 0 bridgehead atoms. The van der Waals surface area contributed by atoms with Gasteiger partial charge in [0.2, 0.25) is 0 Å². The molecule has 3 aromatic rings. The fourth-order valence-corrected chi connectivity index (χ4v) is 3.08. The molecule has 0 fully saturated rings. The van der Waals surface area contributed by atoms with E-state index in [0.29, 0.717) is 6.61 Å². The second-order valence-corrected chi connectivity index (χ2v) is 7.24. The van der Waals surface area contributed by atoms with Gasteiger partial charge in [-0.15, -0.1) is 0 Å². The zero-order chi connectivity index (χ0) is 22.8. The Morgan fingerprint density at radius 2 is 1.56 bits per heavy atom. The van der Waals surface area contributed by atoms with E-state index in [9.17, 15) is 9.90 Å². The number of aliphatic hydroxyl groups is 1. The van der Waals surface area contributed by atoms with Gasteiger partial charge in [0.05, 0.1) is 24.3 Å². The van der Waals surface area contributed by atoms with Crippen LogP contribution < -0.4 is 9.47 Å². The van der Waals surface area contributed by atoms with Crippen LogP contribution in [0.4, 0.5) is 4.39 Å². The summed E-state index contributed by atoms with van der Waals surface area (Å²) in [6.07, 6.45) is 1.65. The SMILES string of the molecule is CCCCOc1c(OCc2ccccc2)cc(C(=O)OCc2ccccc2)c(F)c1CO. The van der Waals surface area contributed by atoms with Crippen molar-refractivity contribution in [2.45, 2.75) is 39.6 Å². The molecule has 0 aliphatic heterocycles. The van der Waals surface area contributed by atoms with Crippen molar-refractivity contribution in [1.29, 1.82) is 0 Å². The Balaban J connectivity index is 1.89. The molecule has 0 radical (unpaired) electrons. The van der Waals surface area contributed by atoms with Gasteiger partial charge in [-0.3, -0.25) is 0 Å². The van der Waals surface area contributed by atoms with Crippen LogP contribution in [-0.4, -0.2) is 17.7 Å². The maximum Gasteiger partial charge on any atom is 0.341 e. The fraction of sp³-hybridized carbons (Fsp3) is 0.269. The molecule has 0 saturated carbocycles. The summed E-state index contributed by atoms with van der Waals surface area (Å²) in [6, 6.07) is 19.8. The molecule has 3 rings (SSSR count). The van der Waals surface area contributed by atoms with E-state index in [4.69, 9.17) is 14.2 Å². The van der Waals surface area contributed by atoms with Crippen molar-refractivity contribution in [2.75, 3.05) is 6.61 Å². The van der Waals surface area contributed by atoms with Gasteiger partial charge in [-0.1, -0.05) is 74.0 Å². The van der Waals surface area contributed by atoms with Gasteiger partial charge in [0.25, 0.3) is 0 Å². The fourth-order valence-electron chi connectivity index (χ4n) is 3.08. The molecule has 0 aliphatic rings. The Bertz CT molecular complexity index is 1010. The lowest BCUT2D eigenvalue weighted by atomic mass is 10.1. The number of hydrogen-bond acceptors (Lipinski definition) is 5. The van der Waals surface area contributed by atoms with E-state index in [1.165, 1.54) is 6.07 Å². The minimum absolute atomic E-state index is 0.00251. The van der Waals surface area contributed by atoms with Crippen molar-refractivity contribution in [1.82, 2.24) is 0 Å². The van der Waals surface area contributed by atoms with Crippen molar-refractivity contribution in [3.05, 3.63) is 94.8 Å². The minimum atomic E-state index is -0.871. The van der Waals surface area contributed by atoms with E-state index in [0.717, 1.165) is 24.0 Å². The Morgan fingerprint density at radius 3 is 2.16 bits per heavy atom. The molecule has 5 nitrogen and oxygen atoms in total. The number of unbranched alkanes of at least 4 members (excludes halogenated alkanes) is 1. The topological polar surface area (TPSA) is 65.0 Å². The predicted molar refractivity (Wildman–Crippen MR) is 119 cm³/mol. The first-order chi connectivity index (χ1) is 15.6. The molecular formula is C26H27FO5. The van der Waals surface area contributed by atoms with Crippen molar-refractivity contribution in [2.24, 2.45) is 0 Å². The van der Waals surface area contributed by atoms with Crippen LogP contribution in [0.5, 0.6) is 11.5 Å². The van der Waals surface area contributed by atoms with Gasteiger partial charge < -0.3 is 19.3 Å². The summed E-state index contributed by atoms with van der Waals surface area (Å²) in [4.78, 5) is 12.7. The maximum atomic E-state index is 15.2. The van der Waals surface area contributed by atoms with Crippen molar-refractivity contribution in [3.63, 3.8) is 0 Å². The first-order valence-electron chi connectivity index (χ1n) is 10.6. The second-order valence-electron chi connectivity index (χ2n) is 7.24. The summed E-state index contributed by atoms with van der Waals surface area (Å²) < 4.78 is 32.1. The van der Waals surface area contributed by atoms with E-state index in [1.807, 2.05) is 67.6 Å². The summed E-state index contributed by atoms with van der Waals surface area (Å²) in [7, 11) is 0. The lowest BCUT2D eigenvalue weighted by molar-refractivity contribution is 0.0466. The third-order valence-corrected chi connectivity index (χ3v) is 4.85. The zero-order valence-electron chi connectivity index (χ0n) is 18.1. The average Bonchev–Trinajstić information content (AvgIpc) is 2.83. The van der Waals surface area contributed by atoms with E-state index in [-0.39, 0.29) is 35.8 Å². The third-order valence-electron chi connectivity index (χ3n) is 4.85. The number of aliphatic hydroxyl groups excluding tert-OH is 1. The molecule has 0 amide bonds. The lowest BCUT2D eigenvalue weighted by Crippen LogP contribution is -2.13. The monoisotopic (exact) mass is 438 g/mol. The van der Waals surface area contributed by atoms with Crippen LogP contribution >= 0.6 is 0 Å². The van der Waals surface area contributed by atoms with E-state index in [1.54, 1.807) is 0 Å². The molecule has 0 aliphatic carbocycles. The van der Waals surface area contributed by atoms with Gasteiger partial charge >= 0.3 is 5.97 Å². The molecule has 32 heavy (non-hydrogen) atoms. The molecule has 0 aromatic heterocycles. The maximum absolute atomic E-state index is 15.2. The largest absolute Gasteiger partial charge is 0.489 e. The van der Waals surface area contributed by atoms with Crippen LogP contribution in [0.25, 0.3) is 0 Å². The number of benzene rings is 3. The van der Waals surface area contributed by atoms with Gasteiger partial charge in [-0.05, 0) is 17.5 Å². The van der Waals surface area contributed by atoms with E-state index >= 15 is 4.39 Å². The van der Waals surface area contributed by atoms with Crippen LogP contribution in [0.3, 0.4) is 0 Å². The van der Waals surface area contributed by atoms with Crippen molar-refractivity contribution in [3.8, 4) is 11.5 Å². The number of halogens is 1. The number of carbonyl (C=O) groups excluding carboxylic acids is 1. The van der Waals surface area contributed by atoms with Gasteiger partial charge in [0.1, 0.15) is 19.0 Å². The Kier molecular flexibility index (Phi) is 8.63. The predicted octanol–water partition coefficient (Wildman–Crippen LogP) is 5.43. The number of esters is 1. The van der Waals surface area contributed by atoms with Crippen LogP contribution in [0.2, 0.25) is 0 Å². The lowest BCUT2D eigenvalue weighted by Gasteiger charge is -2.18. The van der Waals surface area contributed by atoms with Crippen molar-refractivity contribution >= 4 is 5.97 Å². The number of ether oxygens (including phenoxy) is 3. The molecule has 0 saturated heterocycles. The summed E-state index contributed by atoms with van der Waals surface area (Å²) in [6.45, 7) is 1.90. The second kappa shape index (κ2) is 11.9. The number of carbonyl (C=O) groups is 1.